The molecule has 0 atom stereocenters. The number of hydrogen-bond donors (Lipinski definition) is 1. The lowest BCUT2D eigenvalue weighted by molar-refractivity contribution is 0.468. The van der Waals surface area contributed by atoms with Crippen LogP contribution in [0.15, 0.2) is 72.8 Å². The van der Waals surface area contributed by atoms with E-state index >= 15 is 0 Å². The van der Waals surface area contributed by atoms with Crippen LogP contribution in [0.2, 0.25) is 0 Å². The fraction of sp³-hybridized carbons (Fsp3) is 0.143. The Hall–Kier alpha value is -2.54. The number of phenols is 1. The highest BCUT2D eigenvalue weighted by molar-refractivity contribution is 5.48. The molecule has 0 aliphatic rings. The molecule has 3 aromatic carbocycles. The first-order chi connectivity index (χ1) is 10.7. The molecular weight excluding hydrogens is 268 g/mol. The first-order valence-corrected chi connectivity index (χ1v) is 7.62. The topological polar surface area (TPSA) is 20.2 Å². The van der Waals surface area contributed by atoms with Crippen LogP contribution in [0.1, 0.15) is 27.8 Å². The number of phenolic OH excluding ortho intramolecular Hbond substituents is 1. The molecule has 0 aliphatic carbocycles. The molecule has 3 aromatic rings. The maximum absolute atomic E-state index is 10.4. The first-order valence-electron chi connectivity index (χ1n) is 7.62. The normalized spacial score (nSPS) is 10.6. The van der Waals surface area contributed by atoms with Gasteiger partial charge in [0.05, 0.1) is 0 Å². The smallest absolute Gasteiger partial charge is 0.119 e. The predicted molar refractivity (Wildman–Crippen MR) is 91.3 cm³/mol. The molecule has 0 saturated heterocycles. The molecule has 1 nitrogen and oxygen atoms in total. The molecule has 0 bridgehead atoms. The molecule has 0 fully saturated rings. The van der Waals surface area contributed by atoms with Crippen LogP contribution in [0.5, 0.6) is 5.75 Å². The minimum Gasteiger partial charge on any atom is -0.508 e. The highest BCUT2D eigenvalue weighted by Gasteiger charge is 2.12. The largest absolute Gasteiger partial charge is 0.508 e. The molecule has 0 radical (unpaired) electrons. The van der Waals surface area contributed by atoms with E-state index in [4.69, 9.17) is 0 Å². The van der Waals surface area contributed by atoms with Gasteiger partial charge in [-0.25, -0.2) is 0 Å². The molecular formula is C21H20O. The highest BCUT2D eigenvalue weighted by Crippen LogP contribution is 2.29. The predicted octanol–water partition coefficient (Wildman–Crippen LogP) is 4.88. The van der Waals surface area contributed by atoms with Crippen LogP contribution in [-0.2, 0) is 12.8 Å². The van der Waals surface area contributed by atoms with Gasteiger partial charge < -0.3 is 5.11 Å². The van der Waals surface area contributed by atoms with E-state index < -0.39 is 0 Å². The van der Waals surface area contributed by atoms with Gasteiger partial charge >= 0.3 is 0 Å². The number of benzene rings is 3. The van der Waals surface area contributed by atoms with Gasteiger partial charge in [0.1, 0.15) is 5.75 Å². The highest BCUT2D eigenvalue weighted by atomic mass is 16.3. The van der Waals surface area contributed by atoms with Gasteiger partial charge in [-0.05, 0) is 41.7 Å². The minimum atomic E-state index is 0.389. The van der Waals surface area contributed by atoms with Crippen LogP contribution in [0.4, 0.5) is 0 Å². The Kier molecular flexibility index (Phi) is 4.24. The fourth-order valence-corrected chi connectivity index (χ4v) is 2.84. The summed E-state index contributed by atoms with van der Waals surface area (Å²) in [4.78, 5) is 0. The van der Waals surface area contributed by atoms with Gasteiger partial charge in [-0.1, -0.05) is 66.7 Å². The first kappa shape index (κ1) is 14.4. The number of hydrogen-bond acceptors (Lipinski definition) is 1. The average Bonchev–Trinajstić information content (AvgIpc) is 2.56. The van der Waals surface area contributed by atoms with E-state index in [1.54, 1.807) is 0 Å². The van der Waals surface area contributed by atoms with Crippen LogP contribution < -0.4 is 0 Å². The van der Waals surface area contributed by atoms with Gasteiger partial charge in [0.25, 0.3) is 0 Å². The average molecular weight is 288 g/mol. The zero-order chi connectivity index (χ0) is 15.4. The molecule has 0 heterocycles. The van der Waals surface area contributed by atoms with Crippen molar-refractivity contribution in [2.75, 3.05) is 0 Å². The zero-order valence-corrected chi connectivity index (χ0v) is 12.8. The van der Waals surface area contributed by atoms with Gasteiger partial charge in [0.15, 0.2) is 0 Å². The standard InChI is InChI=1S/C21H20O/c1-16-12-13-21(22)20(15-18-10-6-3-7-11-18)19(16)14-17-8-4-2-5-9-17/h2-13,22H,14-15H2,1H3. The lowest BCUT2D eigenvalue weighted by Crippen LogP contribution is -2.01. The summed E-state index contributed by atoms with van der Waals surface area (Å²) >= 11 is 0. The molecule has 1 N–H and O–H groups in total. The van der Waals surface area contributed by atoms with Crippen molar-refractivity contribution in [3.8, 4) is 5.75 Å². The van der Waals surface area contributed by atoms with Crippen LogP contribution in [0, 0.1) is 6.92 Å². The molecule has 22 heavy (non-hydrogen) atoms. The molecule has 3 rings (SSSR count). The van der Waals surface area contributed by atoms with Crippen LogP contribution in [-0.4, -0.2) is 5.11 Å². The second kappa shape index (κ2) is 6.48. The molecule has 0 aromatic heterocycles. The monoisotopic (exact) mass is 288 g/mol. The Labute approximate surface area is 131 Å². The summed E-state index contributed by atoms with van der Waals surface area (Å²) in [5, 5.41) is 10.4. The third-order valence-corrected chi connectivity index (χ3v) is 4.09. The second-order valence-electron chi connectivity index (χ2n) is 5.68. The van der Waals surface area contributed by atoms with E-state index in [0.29, 0.717) is 5.75 Å². The molecule has 0 aliphatic heterocycles. The van der Waals surface area contributed by atoms with E-state index in [9.17, 15) is 5.11 Å². The molecule has 0 saturated carbocycles. The Morgan fingerprint density at radius 2 is 1.14 bits per heavy atom. The molecule has 110 valence electrons. The van der Waals surface area contributed by atoms with Gasteiger partial charge in [-0.3, -0.25) is 0 Å². The Morgan fingerprint density at radius 3 is 1.68 bits per heavy atom. The summed E-state index contributed by atoms with van der Waals surface area (Å²) in [5.74, 6) is 0.389. The van der Waals surface area contributed by atoms with Gasteiger partial charge in [0.2, 0.25) is 0 Å². The molecule has 1 heteroatoms. The SMILES string of the molecule is Cc1ccc(O)c(Cc2ccccc2)c1Cc1ccccc1. The Balaban J connectivity index is 1.99. The van der Waals surface area contributed by atoms with Crippen molar-refractivity contribution in [2.24, 2.45) is 0 Å². The quantitative estimate of drug-likeness (QED) is 0.725. The van der Waals surface area contributed by atoms with Crippen LogP contribution in [0.3, 0.4) is 0 Å². The summed E-state index contributed by atoms with van der Waals surface area (Å²) in [5.41, 5.74) is 5.99. The number of aryl methyl sites for hydroxylation is 1. The summed E-state index contributed by atoms with van der Waals surface area (Å²) < 4.78 is 0. The summed E-state index contributed by atoms with van der Waals surface area (Å²) in [6, 6.07) is 24.5. The lowest BCUT2D eigenvalue weighted by atomic mass is 9.91. The van der Waals surface area contributed by atoms with Crippen LogP contribution >= 0.6 is 0 Å². The number of aromatic hydroxyl groups is 1. The third-order valence-electron chi connectivity index (χ3n) is 4.09. The number of rotatable bonds is 4. The van der Waals surface area contributed by atoms with E-state index in [-0.39, 0.29) is 0 Å². The van der Waals surface area contributed by atoms with Crippen molar-refractivity contribution in [2.45, 2.75) is 19.8 Å². The van der Waals surface area contributed by atoms with E-state index in [1.807, 2.05) is 36.4 Å². The second-order valence-corrected chi connectivity index (χ2v) is 5.68. The van der Waals surface area contributed by atoms with Gasteiger partial charge in [0, 0.05) is 12.0 Å². The molecule has 0 unspecified atom stereocenters. The Bertz CT molecular complexity index is 679. The van der Waals surface area contributed by atoms with E-state index in [0.717, 1.165) is 18.4 Å². The van der Waals surface area contributed by atoms with E-state index in [2.05, 4.69) is 43.3 Å². The van der Waals surface area contributed by atoms with Crippen molar-refractivity contribution in [1.82, 2.24) is 0 Å². The lowest BCUT2D eigenvalue weighted by Gasteiger charge is -2.15. The van der Waals surface area contributed by atoms with Crippen LogP contribution in [0.25, 0.3) is 0 Å². The Morgan fingerprint density at radius 1 is 0.636 bits per heavy atom. The van der Waals surface area contributed by atoms with Crippen molar-refractivity contribution in [1.29, 1.82) is 0 Å². The molecule has 0 spiro atoms. The maximum atomic E-state index is 10.4. The van der Waals surface area contributed by atoms with Gasteiger partial charge in [-0.15, -0.1) is 0 Å². The minimum absolute atomic E-state index is 0.389. The summed E-state index contributed by atoms with van der Waals surface area (Å²) in [6.07, 6.45) is 1.61. The van der Waals surface area contributed by atoms with E-state index in [1.165, 1.54) is 22.3 Å². The van der Waals surface area contributed by atoms with Crippen molar-refractivity contribution in [3.05, 3.63) is 101 Å². The van der Waals surface area contributed by atoms with Crippen molar-refractivity contribution < 1.29 is 5.11 Å². The summed E-state index contributed by atoms with van der Waals surface area (Å²) in [7, 11) is 0. The maximum Gasteiger partial charge on any atom is 0.119 e. The third kappa shape index (κ3) is 3.20. The van der Waals surface area contributed by atoms with Crippen molar-refractivity contribution >= 4 is 0 Å². The fourth-order valence-electron chi connectivity index (χ4n) is 2.84. The summed E-state index contributed by atoms with van der Waals surface area (Å²) in [6.45, 7) is 2.12. The zero-order valence-electron chi connectivity index (χ0n) is 12.8. The van der Waals surface area contributed by atoms with Gasteiger partial charge in [-0.2, -0.15) is 0 Å². The molecule has 0 amide bonds. The van der Waals surface area contributed by atoms with Crippen molar-refractivity contribution in [3.63, 3.8) is 0 Å².